The molecule has 1 aromatic carbocycles. The first-order valence-electron chi connectivity index (χ1n) is 7.41. The maximum atomic E-state index is 5.51. The standard InChI is InChI=1S/C16H20N4S/c1-4-6-11-7-9-12(10-8-11)20-15-14(17-16(20)21)13(5-2)18-19(15)3/h7-10H,4-6H2,1-3H3,(H,17,21). The maximum absolute atomic E-state index is 5.51. The Morgan fingerprint density at radius 1 is 1.19 bits per heavy atom. The van der Waals surface area contributed by atoms with E-state index in [4.69, 9.17) is 12.2 Å². The van der Waals surface area contributed by atoms with Crippen LogP contribution in [0.1, 0.15) is 31.5 Å². The van der Waals surface area contributed by atoms with Gasteiger partial charge in [-0.3, -0.25) is 4.57 Å². The minimum atomic E-state index is 0.718. The number of H-pyrrole nitrogens is 1. The normalized spacial score (nSPS) is 11.4. The second kappa shape index (κ2) is 5.48. The van der Waals surface area contributed by atoms with Crippen LogP contribution in [0.3, 0.4) is 0 Å². The zero-order chi connectivity index (χ0) is 15.0. The highest BCUT2D eigenvalue weighted by Crippen LogP contribution is 2.22. The average molecular weight is 300 g/mol. The van der Waals surface area contributed by atoms with E-state index in [1.807, 2.05) is 11.7 Å². The van der Waals surface area contributed by atoms with Crippen molar-refractivity contribution in [1.82, 2.24) is 19.3 Å². The molecule has 21 heavy (non-hydrogen) atoms. The van der Waals surface area contributed by atoms with Crippen molar-refractivity contribution in [1.29, 1.82) is 0 Å². The molecule has 0 aliphatic heterocycles. The molecule has 0 atom stereocenters. The van der Waals surface area contributed by atoms with Crippen molar-refractivity contribution < 1.29 is 0 Å². The molecule has 2 aromatic heterocycles. The van der Waals surface area contributed by atoms with Crippen LogP contribution in [0.4, 0.5) is 0 Å². The Hall–Kier alpha value is -1.88. The van der Waals surface area contributed by atoms with Crippen LogP contribution >= 0.6 is 12.2 Å². The molecular weight excluding hydrogens is 280 g/mol. The molecule has 0 radical (unpaired) electrons. The summed E-state index contributed by atoms with van der Waals surface area (Å²) in [7, 11) is 1.96. The van der Waals surface area contributed by atoms with Gasteiger partial charge in [0, 0.05) is 12.7 Å². The molecule has 110 valence electrons. The van der Waals surface area contributed by atoms with Gasteiger partial charge in [0.25, 0.3) is 0 Å². The van der Waals surface area contributed by atoms with Gasteiger partial charge in [0.1, 0.15) is 5.52 Å². The SMILES string of the molecule is CCCc1ccc(-n2c(=S)[nH]c3c(CC)nn(C)c32)cc1. The number of fused-ring (bicyclic) bond motifs is 1. The summed E-state index contributed by atoms with van der Waals surface area (Å²) in [6.45, 7) is 4.30. The summed E-state index contributed by atoms with van der Waals surface area (Å²) in [6.07, 6.45) is 3.16. The summed E-state index contributed by atoms with van der Waals surface area (Å²) < 4.78 is 4.68. The first-order chi connectivity index (χ1) is 10.2. The largest absolute Gasteiger partial charge is 0.327 e. The smallest absolute Gasteiger partial charge is 0.184 e. The van der Waals surface area contributed by atoms with Crippen molar-refractivity contribution in [3.63, 3.8) is 0 Å². The molecule has 4 nitrogen and oxygen atoms in total. The van der Waals surface area contributed by atoms with Gasteiger partial charge in [-0.2, -0.15) is 5.10 Å². The van der Waals surface area contributed by atoms with Crippen molar-refractivity contribution in [2.75, 3.05) is 0 Å². The lowest BCUT2D eigenvalue weighted by Gasteiger charge is -2.06. The second-order valence-electron chi connectivity index (χ2n) is 5.30. The fourth-order valence-corrected chi connectivity index (χ4v) is 3.09. The van der Waals surface area contributed by atoms with Gasteiger partial charge in [0.05, 0.1) is 5.69 Å². The molecule has 0 bridgehead atoms. The van der Waals surface area contributed by atoms with Crippen molar-refractivity contribution in [3.05, 3.63) is 40.3 Å². The van der Waals surface area contributed by atoms with Crippen LogP contribution in [-0.4, -0.2) is 19.3 Å². The van der Waals surface area contributed by atoms with Gasteiger partial charge >= 0.3 is 0 Å². The van der Waals surface area contributed by atoms with Crippen molar-refractivity contribution in [3.8, 4) is 5.69 Å². The fraction of sp³-hybridized carbons (Fsp3) is 0.375. The topological polar surface area (TPSA) is 38.5 Å². The molecular formula is C16H20N4S. The van der Waals surface area contributed by atoms with Crippen molar-refractivity contribution in [2.45, 2.75) is 33.1 Å². The summed E-state index contributed by atoms with van der Waals surface area (Å²) >= 11 is 5.51. The minimum absolute atomic E-state index is 0.718. The third-order valence-electron chi connectivity index (χ3n) is 3.80. The third-order valence-corrected chi connectivity index (χ3v) is 4.09. The number of nitrogens with one attached hydrogen (secondary N) is 1. The first kappa shape index (κ1) is 14.1. The molecule has 0 amide bonds. The summed E-state index contributed by atoms with van der Waals surface area (Å²) in [5, 5.41) is 4.56. The lowest BCUT2D eigenvalue weighted by atomic mass is 10.1. The zero-order valence-corrected chi connectivity index (χ0v) is 13.5. The van der Waals surface area contributed by atoms with Gasteiger partial charge in [0.2, 0.25) is 0 Å². The van der Waals surface area contributed by atoms with Gasteiger partial charge in [0.15, 0.2) is 10.4 Å². The van der Waals surface area contributed by atoms with Crippen molar-refractivity contribution in [2.24, 2.45) is 7.05 Å². The highest BCUT2D eigenvalue weighted by molar-refractivity contribution is 7.71. The Labute approximate surface area is 129 Å². The summed E-state index contributed by atoms with van der Waals surface area (Å²) in [6, 6.07) is 8.62. The predicted octanol–water partition coefficient (Wildman–Crippen LogP) is 3.94. The molecule has 0 unspecified atom stereocenters. The summed E-state index contributed by atoms with van der Waals surface area (Å²) in [4.78, 5) is 3.30. The van der Waals surface area contributed by atoms with Crippen LogP contribution in [0.5, 0.6) is 0 Å². The van der Waals surface area contributed by atoms with Crippen LogP contribution in [-0.2, 0) is 19.9 Å². The molecule has 0 saturated carbocycles. The van der Waals surface area contributed by atoms with E-state index >= 15 is 0 Å². The number of benzene rings is 1. The lowest BCUT2D eigenvalue weighted by Crippen LogP contribution is -2.01. The van der Waals surface area contributed by atoms with E-state index in [1.165, 1.54) is 5.56 Å². The molecule has 3 rings (SSSR count). The quantitative estimate of drug-likeness (QED) is 0.741. The second-order valence-corrected chi connectivity index (χ2v) is 5.69. The number of rotatable bonds is 4. The minimum Gasteiger partial charge on any atom is -0.327 e. The highest BCUT2D eigenvalue weighted by atomic mass is 32.1. The number of hydrogen-bond donors (Lipinski definition) is 1. The molecule has 0 spiro atoms. The Morgan fingerprint density at radius 2 is 1.90 bits per heavy atom. The van der Waals surface area contributed by atoms with Gasteiger partial charge in [-0.15, -0.1) is 0 Å². The molecule has 0 aliphatic carbocycles. The molecule has 5 heteroatoms. The van der Waals surface area contributed by atoms with E-state index in [1.54, 1.807) is 0 Å². The monoisotopic (exact) mass is 300 g/mol. The third kappa shape index (κ3) is 2.31. The van der Waals surface area contributed by atoms with Gasteiger partial charge in [-0.1, -0.05) is 32.4 Å². The Bertz CT molecular complexity index is 820. The van der Waals surface area contributed by atoms with E-state index in [2.05, 4.69) is 52.8 Å². The Kier molecular flexibility index (Phi) is 3.68. The van der Waals surface area contributed by atoms with Gasteiger partial charge in [-0.25, -0.2) is 4.68 Å². The van der Waals surface area contributed by atoms with E-state index in [9.17, 15) is 0 Å². The molecule has 2 heterocycles. The summed E-state index contributed by atoms with van der Waals surface area (Å²) in [5.41, 5.74) is 5.57. The van der Waals surface area contributed by atoms with Crippen LogP contribution in [0, 0.1) is 4.77 Å². The number of nitrogens with zero attached hydrogens (tertiary/aromatic N) is 3. The van der Waals surface area contributed by atoms with E-state index < -0.39 is 0 Å². The highest BCUT2D eigenvalue weighted by Gasteiger charge is 2.15. The molecule has 0 aliphatic rings. The summed E-state index contributed by atoms with van der Waals surface area (Å²) in [5.74, 6) is 0. The van der Waals surface area contributed by atoms with E-state index in [-0.39, 0.29) is 0 Å². The van der Waals surface area contributed by atoms with Gasteiger partial charge < -0.3 is 4.98 Å². The predicted molar refractivity (Wildman–Crippen MR) is 88.6 cm³/mol. The Balaban J connectivity index is 2.17. The van der Waals surface area contributed by atoms with Gasteiger partial charge in [-0.05, 0) is 42.8 Å². The maximum Gasteiger partial charge on any atom is 0.184 e. The number of aromatic amines is 1. The molecule has 0 saturated heterocycles. The van der Waals surface area contributed by atoms with Crippen LogP contribution < -0.4 is 0 Å². The number of imidazole rings is 1. The molecule has 0 fully saturated rings. The molecule has 3 aromatic rings. The number of aryl methyl sites for hydroxylation is 3. The zero-order valence-electron chi connectivity index (χ0n) is 12.7. The van der Waals surface area contributed by atoms with E-state index in [0.29, 0.717) is 0 Å². The molecule has 1 N–H and O–H groups in total. The fourth-order valence-electron chi connectivity index (χ4n) is 2.80. The number of aromatic nitrogens is 4. The first-order valence-corrected chi connectivity index (χ1v) is 7.82. The Morgan fingerprint density at radius 3 is 2.52 bits per heavy atom. The average Bonchev–Trinajstić information content (AvgIpc) is 2.97. The van der Waals surface area contributed by atoms with Crippen LogP contribution in [0.15, 0.2) is 24.3 Å². The van der Waals surface area contributed by atoms with Crippen LogP contribution in [0.2, 0.25) is 0 Å². The van der Waals surface area contributed by atoms with Crippen molar-refractivity contribution >= 4 is 23.4 Å². The van der Waals surface area contributed by atoms with E-state index in [0.717, 1.165) is 46.6 Å². The number of hydrogen-bond acceptors (Lipinski definition) is 2. The van der Waals surface area contributed by atoms with Crippen LogP contribution in [0.25, 0.3) is 16.9 Å². The lowest BCUT2D eigenvalue weighted by molar-refractivity contribution is 0.748.